The van der Waals surface area contributed by atoms with E-state index in [1.54, 1.807) is 14.2 Å². The summed E-state index contributed by atoms with van der Waals surface area (Å²) in [5.74, 6) is 1.84. The molecular formula is C21H27NO3. The largest absolute Gasteiger partial charge is 0.497 e. The molecule has 2 rings (SSSR count). The number of methoxy groups -OCH3 is 2. The molecule has 1 N–H and O–H groups in total. The number of para-hydroxylation sites is 1. The quantitative estimate of drug-likeness (QED) is 0.793. The summed E-state index contributed by atoms with van der Waals surface area (Å²) in [4.78, 5) is 12.4. The number of hydrogen-bond acceptors (Lipinski definition) is 3. The van der Waals surface area contributed by atoms with Crippen molar-refractivity contribution in [2.24, 2.45) is 0 Å². The van der Waals surface area contributed by atoms with Crippen molar-refractivity contribution in [2.45, 2.75) is 39.5 Å². The van der Waals surface area contributed by atoms with E-state index >= 15 is 0 Å². The Hall–Kier alpha value is -2.49. The van der Waals surface area contributed by atoms with E-state index < -0.39 is 0 Å². The highest BCUT2D eigenvalue weighted by Crippen LogP contribution is 2.28. The maximum atomic E-state index is 12.4. The fourth-order valence-corrected chi connectivity index (χ4v) is 2.81. The molecule has 25 heavy (non-hydrogen) atoms. The van der Waals surface area contributed by atoms with E-state index in [9.17, 15) is 4.79 Å². The Morgan fingerprint density at radius 2 is 1.72 bits per heavy atom. The number of ether oxygens (including phenoxy) is 2. The van der Waals surface area contributed by atoms with Gasteiger partial charge >= 0.3 is 0 Å². The van der Waals surface area contributed by atoms with E-state index in [-0.39, 0.29) is 5.91 Å². The molecule has 0 fully saturated rings. The third kappa shape index (κ3) is 4.99. The molecule has 0 radical (unpaired) electrons. The minimum absolute atomic E-state index is 0.0120. The van der Waals surface area contributed by atoms with Crippen molar-refractivity contribution < 1.29 is 14.3 Å². The molecule has 0 aromatic heterocycles. The summed E-state index contributed by atoms with van der Waals surface area (Å²) >= 11 is 0. The van der Waals surface area contributed by atoms with Crippen LogP contribution < -0.4 is 14.8 Å². The zero-order valence-corrected chi connectivity index (χ0v) is 15.7. The smallest absolute Gasteiger partial charge is 0.224 e. The first-order valence-corrected chi connectivity index (χ1v) is 8.56. The van der Waals surface area contributed by atoms with Crippen molar-refractivity contribution in [3.63, 3.8) is 0 Å². The molecule has 0 unspecified atom stereocenters. The van der Waals surface area contributed by atoms with Crippen LogP contribution in [0, 0.1) is 6.92 Å². The van der Waals surface area contributed by atoms with E-state index in [4.69, 9.17) is 9.47 Å². The van der Waals surface area contributed by atoms with Crippen molar-refractivity contribution >= 4 is 11.6 Å². The zero-order chi connectivity index (χ0) is 18.4. The predicted molar refractivity (Wildman–Crippen MR) is 102 cm³/mol. The molecule has 4 nitrogen and oxygen atoms in total. The van der Waals surface area contributed by atoms with Gasteiger partial charge in [0.1, 0.15) is 11.5 Å². The first-order chi connectivity index (χ1) is 11.9. The van der Waals surface area contributed by atoms with Gasteiger partial charge in [0, 0.05) is 18.2 Å². The second kappa shape index (κ2) is 8.56. The highest BCUT2D eigenvalue weighted by molar-refractivity contribution is 5.92. The van der Waals surface area contributed by atoms with E-state index in [0.717, 1.165) is 33.9 Å². The molecule has 0 saturated heterocycles. The Bertz CT molecular complexity index is 716. The van der Waals surface area contributed by atoms with E-state index in [1.165, 1.54) is 0 Å². The fraction of sp³-hybridized carbons (Fsp3) is 0.381. The number of aryl methyl sites for hydroxylation is 2. The molecule has 0 aliphatic heterocycles. The molecule has 0 spiro atoms. The van der Waals surface area contributed by atoms with Gasteiger partial charge in [-0.2, -0.15) is 0 Å². The summed E-state index contributed by atoms with van der Waals surface area (Å²) in [5.41, 5.74) is 4.20. The predicted octanol–water partition coefficient (Wildman–Crippen LogP) is 4.71. The van der Waals surface area contributed by atoms with Crippen LogP contribution in [0.1, 0.15) is 42.9 Å². The van der Waals surface area contributed by atoms with Crippen molar-refractivity contribution in [3.8, 4) is 11.5 Å². The molecule has 0 aliphatic carbocycles. The van der Waals surface area contributed by atoms with Crippen LogP contribution in [0.5, 0.6) is 11.5 Å². The summed E-state index contributed by atoms with van der Waals surface area (Å²) in [6, 6.07) is 11.8. The highest BCUT2D eigenvalue weighted by atomic mass is 16.5. The molecule has 0 bridgehead atoms. The van der Waals surface area contributed by atoms with Gasteiger partial charge in [-0.1, -0.05) is 32.0 Å². The maximum Gasteiger partial charge on any atom is 0.224 e. The SMILES string of the molecule is COc1cc(CCC(=O)Nc2c(C)cccc2C(C)C)cc(OC)c1. The number of carbonyl (C=O) groups excluding carboxylic acids is 1. The van der Waals surface area contributed by atoms with Gasteiger partial charge in [0.15, 0.2) is 0 Å². The Labute approximate surface area is 150 Å². The van der Waals surface area contributed by atoms with Crippen molar-refractivity contribution in [1.29, 1.82) is 0 Å². The third-order valence-electron chi connectivity index (χ3n) is 4.24. The van der Waals surface area contributed by atoms with E-state index in [0.29, 0.717) is 18.8 Å². The molecule has 2 aromatic carbocycles. The molecule has 2 aromatic rings. The number of hydrogen-bond donors (Lipinski definition) is 1. The zero-order valence-electron chi connectivity index (χ0n) is 15.7. The van der Waals surface area contributed by atoms with Gasteiger partial charge in [-0.15, -0.1) is 0 Å². The van der Waals surface area contributed by atoms with Crippen molar-refractivity contribution in [2.75, 3.05) is 19.5 Å². The number of anilines is 1. The molecule has 1 amide bonds. The van der Waals surface area contributed by atoms with Gasteiger partial charge in [-0.25, -0.2) is 0 Å². The van der Waals surface area contributed by atoms with Crippen molar-refractivity contribution in [1.82, 2.24) is 0 Å². The fourth-order valence-electron chi connectivity index (χ4n) is 2.81. The average molecular weight is 341 g/mol. The number of rotatable bonds is 7. The monoisotopic (exact) mass is 341 g/mol. The molecule has 0 atom stereocenters. The van der Waals surface area contributed by atoms with E-state index in [2.05, 4.69) is 25.2 Å². The standard InChI is InChI=1S/C21H27NO3/c1-14(2)19-8-6-7-15(3)21(19)22-20(23)10-9-16-11-17(24-4)13-18(12-16)25-5/h6-8,11-14H,9-10H2,1-5H3,(H,22,23). The molecule has 134 valence electrons. The first-order valence-electron chi connectivity index (χ1n) is 8.56. The van der Waals surface area contributed by atoms with Gasteiger partial charge in [-0.3, -0.25) is 4.79 Å². The molecule has 0 aliphatic rings. The molecule has 0 heterocycles. The summed E-state index contributed by atoms with van der Waals surface area (Å²) in [6.45, 7) is 6.29. The number of amides is 1. The lowest BCUT2D eigenvalue weighted by molar-refractivity contribution is -0.116. The minimum Gasteiger partial charge on any atom is -0.497 e. The van der Waals surface area contributed by atoms with Crippen LogP contribution in [0.25, 0.3) is 0 Å². The normalized spacial score (nSPS) is 10.6. The second-order valence-electron chi connectivity index (χ2n) is 6.46. The second-order valence-corrected chi connectivity index (χ2v) is 6.46. The van der Waals surface area contributed by atoms with Gasteiger partial charge in [0.05, 0.1) is 14.2 Å². The van der Waals surface area contributed by atoms with Crippen LogP contribution in [0.2, 0.25) is 0 Å². The van der Waals surface area contributed by atoms with Crippen LogP contribution in [-0.4, -0.2) is 20.1 Å². The van der Waals surface area contributed by atoms with Crippen LogP contribution in [0.15, 0.2) is 36.4 Å². The van der Waals surface area contributed by atoms with Crippen LogP contribution in [0.3, 0.4) is 0 Å². The average Bonchev–Trinajstić information content (AvgIpc) is 2.61. The van der Waals surface area contributed by atoms with Gasteiger partial charge in [-0.05, 0) is 48.1 Å². The molecular weight excluding hydrogens is 314 g/mol. The topological polar surface area (TPSA) is 47.6 Å². The summed E-state index contributed by atoms with van der Waals surface area (Å²) in [6.07, 6.45) is 1.03. The van der Waals surface area contributed by atoms with Crippen LogP contribution in [0.4, 0.5) is 5.69 Å². The van der Waals surface area contributed by atoms with Crippen LogP contribution in [-0.2, 0) is 11.2 Å². The third-order valence-corrected chi connectivity index (χ3v) is 4.24. The summed E-state index contributed by atoms with van der Waals surface area (Å²) in [5, 5.41) is 3.09. The first kappa shape index (κ1) is 18.8. The highest BCUT2D eigenvalue weighted by Gasteiger charge is 2.12. The van der Waals surface area contributed by atoms with Gasteiger partial charge < -0.3 is 14.8 Å². The number of benzene rings is 2. The molecule has 4 heteroatoms. The van der Waals surface area contributed by atoms with Gasteiger partial charge in [0.2, 0.25) is 5.91 Å². The van der Waals surface area contributed by atoms with Gasteiger partial charge in [0.25, 0.3) is 0 Å². The Morgan fingerprint density at radius 3 is 2.28 bits per heavy atom. The van der Waals surface area contributed by atoms with Crippen LogP contribution >= 0.6 is 0 Å². The Kier molecular flexibility index (Phi) is 6.45. The summed E-state index contributed by atoms with van der Waals surface area (Å²) in [7, 11) is 3.24. The number of carbonyl (C=O) groups is 1. The lowest BCUT2D eigenvalue weighted by Gasteiger charge is -2.16. The Morgan fingerprint density at radius 1 is 1.08 bits per heavy atom. The number of nitrogens with one attached hydrogen (secondary N) is 1. The maximum absolute atomic E-state index is 12.4. The van der Waals surface area contributed by atoms with E-state index in [1.807, 2.05) is 37.3 Å². The molecule has 0 saturated carbocycles. The Balaban J connectivity index is 2.07. The minimum atomic E-state index is 0.0120. The lowest BCUT2D eigenvalue weighted by atomic mass is 9.98. The lowest BCUT2D eigenvalue weighted by Crippen LogP contribution is -2.15. The summed E-state index contributed by atoms with van der Waals surface area (Å²) < 4.78 is 10.6. The van der Waals surface area contributed by atoms with Crippen molar-refractivity contribution in [3.05, 3.63) is 53.1 Å².